The van der Waals surface area contributed by atoms with Gasteiger partial charge in [-0.25, -0.2) is 0 Å². The number of amidine groups is 1. The van der Waals surface area contributed by atoms with Crippen molar-refractivity contribution in [2.75, 3.05) is 11.1 Å². The zero-order chi connectivity index (χ0) is 9.97. The maximum atomic E-state index is 4.45. The molecule has 2 rings (SSSR count). The lowest BCUT2D eigenvalue weighted by atomic mass is 10.4. The number of aromatic nitrogens is 2. The van der Waals surface area contributed by atoms with Crippen molar-refractivity contribution < 1.29 is 0 Å². The topological polar surface area (TPSA) is 42.2 Å². The molecule has 0 aliphatic carbocycles. The standard InChI is InChI=1S/C9H14N4S/c1-3-13-5-8(4-10-13)12-9-11-7(2)6-14-9/h4-5,7H,3,6H2,1-2H3,(H,11,12). The molecule has 1 aliphatic rings. The molecule has 76 valence electrons. The molecule has 0 saturated carbocycles. The highest BCUT2D eigenvalue weighted by atomic mass is 32.2. The Bertz CT molecular complexity index is 344. The van der Waals surface area contributed by atoms with Gasteiger partial charge < -0.3 is 5.32 Å². The highest BCUT2D eigenvalue weighted by molar-refractivity contribution is 8.14. The summed E-state index contributed by atoms with van der Waals surface area (Å²) < 4.78 is 1.89. The molecule has 14 heavy (non-hydrogen) atoms. The van der Waals surface area contributed by atoms with E-state index in [9.17, 15) is 0 Å². The Kier molecular flexibility index (Phi) is 2.77. The summed E-state index contributed by atoms with van der Waals surface area (Å²) in [5.41, 5.74) is 1.02. The Labute approximate surface area is 87.8 Å². The van der Waals surface area contributed by atoms with Gasteiger partial charge in [-0.3, -0.25) is 9.67 Å². The fraction of sp³-hybridized carbons (Fsp3) is 0.556. The number of anilines is 1. The summed E-state index contributed by atoms with van der Waals surface area (Å²) in [6, 6.07) is 0.434. The van der Waals surface area contributed by atoms with Crippen LogP contribution in [0.4, 0.5) is 5.69 Å². The zero-order valence-electron chi connectivity index (χ0n) is 8.40. The molecule has 4 nitrogen and oxygen atoms in total. The average Bonchev–Trinajstić information content (AvgIpc) is 2.76. The summed E-state index contributed by atoms with van der Waals surface area (Å²) in [6.07, 6.45) is 3.82. The summed E-state index contributed by atoms with van der Waals surface area (Å²) in [7, 11) is 0. The first kappa shape index (κ1) is 9.58. The Morgan fingerprint density at radius 2 is 2.57 bits per heavy atom. The lowest BCUT2D eigenvalue weighted by Crippen LogP contribution is -2.04. The molecule has 0 aromatic carbocycles. The van der Waals surface area contributed by atoms with Gasteiger partial charge >= 0.3 is 0 Å². The number of nitrogens with one attached hydrogen (secondary N) is 1. The van der Waals surface area contributed by atoms with Crippen molar-refractivity contribution in [1.82, 2.24) is 9.78 Å². The number of aliphatic imine (C=N–C) groups is 1. The third kappa shape index (κ3) is 2.09. The fourth-order valence-electron chi connectivity index (χ4n) is 1.27. The van der Waals surface area contributed by atoms with E-state index in [0.717, 1.165) is 23.2 Å². The molecule has 1 aromatic heterocycles. The molecule has 0 amide bonds. The van der Waals surface area contributed by atoms with Gasteiger partial charge in [0.25, 0.3) is 0 Å². The van der Waals surface area contributed by atoms with Gasteiger partial charge in [-0.1, -0.05) is 11.8 Å². The quantitative estimate of drug-likeness (QED) is 0.809. The van der Waals surface area contributed by atoms with Crippen LogP contribution in [-0.4, -0.2) is 26.7 Å². The van der Waals surface area contributed by atoms with Crippen molar-refractivity contribution in [3.05, 3.63) is 12.4 Å². The molecule has 0 fully saturated rings. The predicted molar refractivity (Wildman–Crippen MR) is 60.9 cm³/mol. The minimum Gasteiger partial charge on any atom is -0.332 e. The predicted octanol–water partition coefficient (Wildman–Crippen LogP) is 1.81. The van der Waals surface area contributed by atoms with E-state index < -0.39 is 0 Å². The third-order valence-electron chi connectivity index (χ3n) is 2.01. The van der Waals surface area contributed by atoms with Crippen molar-refractivity contribution in [2.45, 2.75) is 26.4 Å². The van der Waals surface area contributed by atoms with Crippen LogP contribution >= 0.6 is 11.8 Å². The van der Waals surface area contributed by atoms with E-state index in [-0.39, 0.29) is 0 Å². The van der Waals surface area contributed by atoms with E-state index in [4.69, 9.17) is 0 Å². The molecule has 1 unspecified atom stereocenters. The first-order chi connectivity index (χ1) is 6.78. The van der Waals surface area contributed by atoms with E-state index in [2.05, 4.69) is 29.3 Å². The molecule has 5 heteroatoms. The Hall–Kier alpha value is -0.970. The Balaban J connectivity index is 2.00. The number of hydrogen-bond donors (Lipinski definition) is 1. The number of nitrogens with zero attached hydrogens (tertiary/aromatic N) is 3. The summed E-state index contributed by atoms with van der Waals surface area (Å²) >= 11 is 1.76. The second-order valence-electron chi connectivity index (χ2n) is 3.30. The fourth-order valence-corrected chi connectivity index (χ4v) is 2.19. The van der Waals surface area contributed by atoms with Crippen LogP contribution in [0.2, 0.25) is 0 Å². The molecule has 1 aliphatic heterocycles. The van der Waals surface area contributed by atoms with Gasteiger partial charge in [0.15, 0.2) is 5.17 Å². The van der Waals surface area contributed by atoms with Crippen LogP contribution in [0.25, 0.3) is 0 Å². The van der Waals surface area contributed by atoms with Crippen LogP contribution in [0, 0.1) is 0 Å². The van der Waals surface area contributed by atoms with Gasteiger partial charge in [0, 0.05) is 18.5 Å². The average molecular weight is 210 g/mol. The smallest absolute Gasteiger partial charge is 0.161 e. The van der Waals surface area contributed by atoms with Crippen LogP contribution in [0.5, 0.6) is 0 Å². The lowest BCUT2D eigenvalue weighted by Gasteiger charge is -1.99. The van der Waals surface area contributed by atoms with Crippen molar-refractivity contribution in [2.24, 2.45) is 4.99 Å². The largest absolute Gasteiger partial charge is 0.332 e. The molecule has 2 heterocycles. The minimum absolute atomic E-state index is 0.434. The summed E-state index contributed by atoms with van der Waals surface area (Å²) in [5, 5.41) is 8.45. The summed E-state index contributed by atoms with van der Waals surface area (Å²) in [5.74, 6) is 1.07. The van der Waals surface area contributed by atoms with Crippen LogP contribution in [0.3, 0.4) is 0 Å². The number of hydrogen-bond acceptors (Lipinski definition) is 4. The van der Waals surface area contributed by atoms with Crippen molar-refractivity contribution in [3.63, 3.8) is 0 Å². The lowest BCUT2D eigenvalue weighted by molar-refractivity contribution is 0.660. The van der Waals surface area contributed by atoms with Gasteiger partial charge in [-0.05, 0) is 13.8 Å². The molecule has 0 spiro atoms. The van der Waals surface area contributed by atoms with E-state index in [1.54, 1.807) is 11.8 Å². The Morgan fingerprint density at radius 3 is 3.14 bits per heavy atom. The van der Waals surface area contributed by atoms with E-state index in [1.165, 1.54) is 0 Å². The molecular formula is C9H14N4S. The maximum Gasteiger partial charge on any atom is 0.161 e. The Morgan fingerprint density at radius 1 is 1.71 bits per heavy atom. The van der Waals surface area contributed by atoms with E-state index in [0.29, 0.717) is 6.04 Å². The monoisotopic (exact) mass is 210 g/mol. The highest BCUT2D eigenvalue weighted by Gasteiger charge is 2.13. The van der Waals surface area contributed by atoms with Gasteiger partial charge in [-0.2, -0.15) is 5.10 Å². The molecule has 1 atom stereocenters. The maximum absolute atomic E-state index is 4.45. The van der Waals surface area contributed by atoms with Crippen molar-refractivity contribution in [3.8, 4) is 0 Å². The second kappa shape index (κ2) is 4.04. The van der Waals surface area contributed by atoms with Gasteiger partial charge in [-0.15, -0.1) is 0 Å². The summed E-state index contributed by atoms with van der Waals surface area (Å²) in [4.78, 5) is 4.45. The minimum atomic E-state index is 0.434. The van der Waals surface area contributed by atoms with Crippen LogP contribution < -0.4 is 5.32 Å². The molecule has 0 radical (unpaired) electrons. The van der Waals surface area contributed by atoms with Crippen LogP contribution in [-0.2, 0) is 6.54 Å². The van der Waals surface area contributed by atoms with Crippen molar-refractivity contribution in [1.29, 1.82) is 0 Å². The molecule has 1 aromatic rings. The SMILES string of the molecule is CCn1cc(NC2=NC(C)CS2)cn1. The second-order valence-corrected chi connectivity index (χ2v) is 4.31. The molecule has 0 saturated heterocycles. The molecular weight excluding hydrogens is 196 g/mol. The highest BCUT2D eigenvalue weighted by Crippen LogP contribution is 2.19. The van der Waals surface area contributed by atoms with E-state index in [1.807, 2.05) is 17.1 Å². The number of thioether (sulfide) groups is 1. The first-order valence-corrected chi connectivity index (χ1v) is 5.76. The summed E-state index contributed by atoms with van der Waals surface area (Å²) in [6.45, 7) is 5.09. The van der Waals surface area contributed by atoms with E-state index >= 15 is 0 Å². The number of aryl methyl sites for hydroxylation is 1. The van der Waals surface area contributed by atoms with Crippen LogP contribution in [0.15, 0.2) is 17.4 Å². The molecule has 0 bridgehead atoms. The normalized spacial score (nSPS) is 21.0. The third-order valence-corrected chi connectivity index (χ3v) is 3.14. The van der Waals surface area contributed by atoms with Gasteiger partial charge in [0.05, 0.1) is 17.9 Å². The zero-order valence-corrected chi connectivity index (χ0v) is 9.21. The van der Waals surface area contributed by atoms with Gasteiger partial charge in [0.2, 0.25) is 0 Å². The van der Waals surface area contributed by atoms with Crippen molar-refractivity contribution >= 4 is 22.6 Å². The molecule has 1 N–H and O–H groups in total. The number of rotatable bonds is 2. The van der Waals surface area contributed by atoms with Crippen LogP contribution in [0.1, 0.15) is 13.8 Å². The first-order valence-electron chi connectivity index (χ1n) is 4.78. The van der Waals surface area contributed by atoms with Gasteiger partial charge in [0.1, 0.15) is 0 Å².